The summed E-state index contributed by atoms with van der Waals surface area (Å²) in [4.78, 5) is 4.38. The summed E-state index contributed by atoms with van der Waals surface area (Å²) in [6, 6.07) is 9.78. The molecule has 1 aromatic carbocycles. The molecule has 2 aromatic rings. The normalized spacial score (nSPS) is 12.4. The van der Waals surface area contributed by atoms with Gasteiger partial charge in [0.2, 0.25) is 0 Å². The molecule has 18 heavy (non-hydrogen) atoms. The molecule has 0 fully saturated rings. The molecule has 0 radical (unpaired) electrons. The van der Waals surface area contributed by atoms with Gasteiger partial charge in [-0.15, -0.1) is 11.6 Å². The van der Waals surface area contributed by atoms with Gasteiger partial charge in [0, 0.05) is 26.9 Å². The largest absolute Gasteiger partial charge is 0.261 e. The molecule has 0 N–H and O–H groups in total. The standard InChI is InChI=1S/C14H12Cl2IN/c1-9-3-2-6-18-14(9)8-12(16)11-7-10(15)4-5-13(11)17/h2-7,12H,8H2,1H3. The molecule has 1 aromatic heterocycles. The number of nitrogens with zero attached hydrogens (tertiary/aromatic N) is 1. The molecule has 4 heteroatoms. The van der Waals surface area contributed by atoms with E-state index < -0.39 is 0 Å². The van der Waals surface area contributed by atoms with Gasteiger partial charge in [0.15, 0.2) is 0 Å². The maximum absolute atomic E-state index is 6.49. The average molecular weight is 392 g/mol. The van der Waals surface area contributed by atoms with Gasteiger partial charge in [0.1, 0.15) is 0 Å². The Morgan fingerprint density at radius 2 is 2.11 bits per heavy atom. The van der Waals surface area contributed by atoms with E-state index >= 15 is 0 Å². The Kier molecular flexibility index (Phi) is 4.87. The van der Waals surface area contributed by atoms with Crippen molar-refractivity contribution in [3.63, 3.8) is 0 Å². The molecule has 1 nitrogen and oxygen atoms in total. The van der Waals surface area contributed by atoms with Crippen LogP contribution in [0.15, 0.2) is 36.5 Å². The highest BCUT2D eigenvalue weighted by Crippen LogP contribution is 2.31. The van der Waals surface area contributed by atoms with E-state index in [1.807, 2.05) is 24.3 Å². The number of rotatable bonds is 3. The monoisotopic (exact) mass is 391 g/mol. The van der Waals surface area contributed by atoms with Crippen LogP contribution in [0, 0.1) is 10.5 Å². The lowest BCUT2D eigenvalue weighted by Crippen LogP contribution is -2.02. The molecular formula is C14H12Cl2IN. The van der Waals surface area contributed by atoms with Crippen LogP contribution in [-0.2, 0) is 6.42 Å². The summed E-state index contributed by atoms with van der Waals surface area (Å²) in [5.74, 6) is 0. The molecule has 0 bridgehead atoms. The first-order valence-electron chi connectivity index (χ1n) is 5.57. The molecule has 0 aliphatic heterocycles. The minimum Gasteiger partial charge on any atom is -0.261 e. The number of pyridine rings is 1. The van der Waals surface area contributed by atoms with Gasteiger partial charge in [-0.2, -0.15) is 0 Å². The zero-order valence-electron chi connectivity index (χ0n) is 9.83. The lowest BCUT2D eigenvalue weighted by atomic mass is 10.0. The van der Waals surface area contributed by atoms with E-state index in [1.54, 1.807) is 6.20 Å². The number of alkyl halides is 1. The Bertz CT molecular complexity index is 557. The maximum atomic E-state index is 6.49. The average Bonchev–Trinajstić information content (AvgIpc) is 2.35. The highest BCUT2D eigenvalue weighted by atomic mass is 127. The quantitative estimate of drug-likeness (QED) is 0.519. The van der Waals surface area contributed by atoms with E-state index in [-0.39, 0.29) is 5.38 Å². The highest BCUT2D eigenvalue weighted by molar-refractivity contribution is 14.1. The minimum absolute atomic E-state index is 0.107. The molecule has 2 rings (SSSR count). The van der Waals surface area contributed by atoms with Crippen LogP contribution < -0.4 is 0 Å². The van der Waals surface area contributed by atoms with Crippen molar-refractivity contribution < 1.29 is 0 Å². The molecule has 0 amide bonds. The van der Waals surface area contributed by atoms with Crippen LogP contribution in [0.5, 0.6) is 0 Å². The number of benzene rings is 1. The van der Waals surface area contributed by atoms with Crippen molar-refractivity contribution in [2.75, 3.05) is 0 Å². The smallest absolute Gasteiger partial charge is 0.0651 e. The highest BCUT2D eigenvalue weighted by Gasteiger charge is 2.14. The van der Waals surface area contributed by atoms with E-state index in [1.165, 1.54) is 5.56 Å². The third-order valence-corrected chi connectivity index (χ3v) is 4.39. The predicted molar refractivity (Wildman–Crippen MR) is 85.4 cm³/mol. The van der Waals surface area contributed by atoms with Gasteiger partial charge >= 0.3 is 0 Å². The number of aromatic nitrogens is 1. The summed E-state index contributed by atoms with van der Waals surface area (Å²) in [6.07, 6.45) is 2.51. The number of hydrogen-bond acceptors (Lipinski definition) is 1. The third-order valence-electron chi connectivity index (χ3n) is 2.79. The second-order valence-corrected chi connectivity index (χ2v) is 6.23. The van der Waals surface area contributed by atoms with Crippen LogP contribution >= 0.6 is 45.8 Å². The van der Waals surface area contributed by atoms with Crippen molar-refractivity contribution in [3.05, 3.63) is 61.9 Å². The van der Waals surface area contributed by atoms with E-state index in [2.05, 4.69) is 40.6 Å². The third kappa shape index (κ3) is 3.37. The topological polar surface area (TPSA) is 12.9 Å². The minimum atomic E-state index is -0.107. The molecule has 0 saturated heterocycles. The molecular weight excluding hydrogens is 380 g/mol. The van der Waals surface area contributed by atoms with Gasteiger partial charge in [-0.05, 0) is 64.9 Å². The van der Waals surface area contributed by atoms with Gasteiger partial charge in [0.25, 0.3) is 0 Å². The number of hydrogen-bond donors (Lipinski definition) is 0. The summed E-state index contributed by atoms with van der Waals surface area (Å²) in [7, 11) is 0. The van der Waals surface area contributed by atoms with Crippen LogP contribution in [-0.4, -0.2) is 4.98 Å². The van der Waals surface area contributed by atoms with E-state index in [0.717, 1.165) is 14.8 Å². The second kappa shape index (κ2) is 6.22. The summed E-state index contributed by atoms with van der Waals surface area (Å²) in [5, 5.41) is 0.609. The van der Waals surface area contributed by atoms with Crippen molar-refractivity contribution >= 4 is 45.8 Å². The van der Waals surface area contributed by atoms with E-state index in [0.29, 0.717) is 11.4 Å². The molecule has 1 heterocycles. The van der Waals surface area contributed by atoms with Crippen LogP contribution in [0.2, 0.25) is 5.02 Å². The zero-order chi connectivity index (χ0) is 13.1. The molecule has 0 spiro atoms. The summed E-state index contributed by atoms with van der Waals surface area (Å²) >= 11 is 14.8. The van der Waals surface area contributed by atoms with E-state index in [4.69, 9.17) is 23.2 Å². The zero-order valence-corrected chi connectivity index (χ0v) is 13.5. The first-order valence-corrected chi connectivity index (χ1v) is 7.46. The van der Waals surface area contributed by atoms with Crippen LogP contribution in [0.25, 0.3) is 0 Å². The first kappa shape index (κ1) is 14.1. The molecule has 0 aliphatic carbocycles. The molecule has 0 aliphatic rings. The number of aryl methyl sites for hydroxylation is 1. The van der Waals surface area contributed by atoms with Crippen LogP contribution in [0.3, 0.4) is 0 Å². The van der Waals surface area contributed by atoms with Crippen molar-refractivity contribution in [2.45, 2.75) is 18.7 Å². The Labute approximate surface area is 131 Å². The summed E-state index contributed by atoms with van der Waals surface area (Å²) < 4.78 is 1.13. The summed E-state index contributed by atoms with van der Waals surface area (Å²) in [5.41, 5.74) is 3.27. The Hall–Kier alpha value is -0.320. The van der Waals surface area contributed by atoms with Gasteiger partial charge in [-0.3, -0.25) is 4.98 Å². The van der Waals surface area contributed by atoms with Crippen LogP contribution in [0.4, 0.5) is 0 Å². The Morgan fingerprint density at radius 3 is 2.83 bits per heavy atom. The lowest BCUT2D eigenvalue weighted by Gasteiger charge is -2.13. The fourth-order valence-corrected chi connectivity index (χ4v) is 3.17. The number of halogens is 3. The Morgan fingerprint density at radius 1 is 1.33 bits per heavy atom. The second-order valence-electron chi connectivity index (χ2n) is 4.10. The lowest BCUT2D eigenvalue weighted by molar-refractivity contribution is 0.866. The van der Waals surface area contributed by atoms with Crippen molar-refractivity contribution in [3.8, 4) is 0 Å². The van der Waals surface area contributed by atoms with Crippen LogP contribution in [0.1, 0.15) is 22.2 Å². The van der Waals surface area contributed by atoms with Gasteiger partial charge in [0.05, 0.1) is 5.38 Å². The molecule has 94 valence electrons. The summed E-state index contributed by atoms with van der Waals surface area (Å²) in [6.45, 7) is 2.05. The predicted octanol–water partition coefficient (Wildman–Crippen LogP) is 5.17. The van der Waals surface area contributed by atoms with Gasteiger partial charge < -0.3 is 0 Å². The maximum Gasteiger partial charge on any atom is 0.0651 e. The first-order chi connectivity index (χ1) is 8.58. The fraction of sp³-hybridized carbons (Fsp3) is 0.214. The fourth-order valence-electron chi connectivity index (χ4n) is 1.77. The molecule has 1 atom stereocenters. The SMILES string of the molecule is Cc1cccnc1CC(Cl)c1cc(Cl)ccc1I. The van der Waals surface area contributed by atoms with Gasteiger partial charge in [-0.25, -0.2) is 0 Å². The molecule has 1 unspecified atom stereocenters. The van der Waals surface area contributed by atoms with Crippen molar-refractivity contribution in [1.29, 1.82) is 0 Å². The molecule has 0 saturated carbocycles. The Balaban J connectivity index is 2.25. The van der Waals surface area contributed by atoms with E-state index in [9.17, 15) is 0 Å². The van der Waals surface area contributed by atoms with Crippen molar-refractivity contribution in [1.82, 2.24) is 4.98 Å². The van der Waals surface area contributed by atoms with Gasteiger partial charge in [-0.1, -0.05) is 17.7 Å². The van der Waals surface area contributed by atoms with Crippen molar-refractivity contribution in [2.24, 2.45) is 0 Å².